The summed E-state index contributed by atoms with van der Waals surface area (Å²) in [5, 5.41) is 0. The summed E-state index contributed by atoms with van der Waals surface area (Å²) in [5.74, 6) is -1.05. The number of nitrogen functional groups attached to an aromatic ring is 1. The lowest BCUT2D eigenvalue weighted by Gasteiger charge is -1.99. The number of hydrogen-bond donors (Lipinski definition) is 1. The minimum atomic E-state index is -0.624. The molecule has 0 aliphatic heterocycles. The standard InChI is InChI=1S/C10H9BrFN3O2/c1-2-17-10(16)7-8(13)15-4-5(12)3-6(11)9(15)14-7/h3-4H,2,13H2,1H3. The molecule has 7 heteroatoms. The van der Waals surface area contributed by atoms with E-state index >= 15 is 0 Å². The van der Waals surface area contributed by atoms with Gasteiger partial charge in [-0.15, -0.1) is 0 Å². The van der Waals surface area contributed by atoms with Crippen LogP contribution in [0.25, 0.3) is 5.65 Å². The number of hydrogen-bond acceptors (Lipinski definition) is 4. The third-order valence-corrected chi connectivity index (χ3v) is 2.73. The summed E-state index contributed by atoms with van der Waals surface area (Å²) in [6.07, 6.45) is 1.16. The number of ether oxygens (including phenoxy) is 1. The Morgan fingerprint density at radius 2 is 2.41 bits per heavy atom. The van der Waals surface area contributed by atoms with E-state index in [1.54, 1.807) is 6.92 Å². The number of rotatable bonds is 2. The molecule has 0 unspecified atom stereocenters. The van der Waals surface area contributed by atoms with E-state index in [0.717, 1.165) is 6.20 Å². The Morgan fingerprint density at radius 3 is 3.06 bits per heavy atom. The van der Waals surface area contributed by atoms with Gasteiger partial charge in [0.15, 0.2) is 11.3 Å². The van der Waals surface area contributed by atoms with Crippen molar-refractivity contribution in [3.05, 3.63) is 28.2 Å². The van der Waals surface area contributed by atoms with Gasteiger partial charge in [-0.2, -0.15) is 0 Å². The first kappa shape index (κ1) is 11.8. The van der Waals surface area contributed by atoms with E-state index in [0.29, 0.717) is 10.1 Å². The summed E-state index contributed by atoms with van der Waals surface area (Å²) in [5.41, 5.74) is 6.07. The van der Waals surface area contributed by atoms with E-state index < -0.39 is 11.8 Å². The number of esters is 1. The number of fused-ring (bicyclic) bond motifs is 1. The number of anilines is 1. The van der Waals surface area contributed by atoms with Crippen LogP contribution in [0.4, 0.5) is 10.2 Å². The Labute approximate surface area is 105 Å². The molecule has 2 aromatic rings. The molecule has 2 heterocycles. The number of aromatic nitrogens is 2. The molecule has 17 heavy (non-hydrogen) atoms. The van der Waals surface area contributed by atoms with Crippen LogP contribution in [0.15, 0.2) is 16.7 Å². The molecule has 0 saturated heterocycles. The Balaban J connectivity index is 2.64. The summed E-state index contributed by atoms with van der Waals surface area (Å²) in [7, 11) is 0. The number of nitrogens with two attached hydrogens (primary N) is 1. The first-order valence-electron chi connectivity index (χ1n) is 4.84. The number of imidazole rings is 1. The molecule has 0 aromatic carbocycles. The highest BCUT2D eigenvalue weighted by atomic mass is 79.9. The molecule has 5 nitrogen and oxygen atoms in total. The zero-order chi connectivity index (χ0) is 12.6. The maximum atomic E-state index is 13.2. The number of halogens is 2. The van der Waals surface area contributed by atoms with E-state index in [-0.39, 0.29) is 18.1 Å². The Hall–Kier alpha value is -1.63. The maximum Gasteiger partial charge on any atom is 0.360 e. The van der Waals surface area contributed by atoms with Gasteiger partial charge in [-0.1, -0.05) is 0 Å². The number of carbonyl (C=O) groups is 1. The van der Waals surface area contributed by atoms with Gasteiger partial charge in [0, 0.05) is 6.20 Å². The molecule has 0 radical (unpaired) electrons. The van der Waals surface area contributed by atoms with Crippen LogP contribution in [0.2, 0.25) is 0 Å². The van der Waals surface area contributed by atoms with Crippen molar-refractivity contribution in [1.82, 2.24) is 9.38 Å². The van der Waals surface area contributed by atoms with Crippen molar-refractivity contribution in [2.24, 2.45) is 0 Å². The fourth-order valence-electron chi connectivity index (χ4n) is 1.44. The monoisotopic (exact) mass is 301 g/mol. The normalized spacial score (nSPS) is 10.8. The average molecular weight is 302 g/mol. The molecule has 2 aromatic heterocycles. The van der Waals surface area contributed by atoms with Crippen LogP contribution in [-0.4, -0.2) is 22.0 Å². The summed E-state index contributed by atoms with van der Waals surface area (Å²) < 4.78 is 19.7. The highest BCUT2D eigenvalue weighted by Gasteiger charge is 2.19. The molecule has 0 bridgehead atoms. The highest BCUT2D eigenvalue weighted by Crippen LogP contribution is 2.23. The molecule has 0 spiro atoms. The van der Waals surface area contributed by atoms with Crippen LogP contribution >= 0.6 is 15.9 Å². The van der Waals surface area contributed by atoms with E-state index in [9.17, 15) is 9.18 Å². The third kappa shape index (κ3) is 1.97. The van der Waals surface area contributed by atoms with Crippen LogP contribution in [0.1, 0.15) is 17.4 Å². The lowest BCUT2D eigenvalue weighted by molar-refractivity contribution is 0.0521. The Bertz CT molecular complexity index is 597. The van der Waals surface area contributed by atoms with Crippen molar-refractivity contribution in [1.29, 1.82) is 0 Å². The van der Waals surface area contributed by atoms with Crippen molar-refractivity contribution in [3.8, 4) is 0 Å². The summed E-state index contributed by atoms with van der Waals surface area (Å²) in [4.78, 5) is 15.6. The van der Waals surface area contributed by atoms with E-state index in [1.165, 1.54) is 10.5 Å². The van der Waals surface area contributed by atoms with Gasteiger partial charge in [0.1, 0.15) is 11.6 Å². The number of nitrogens with zero attached hydrogens (tertiary/aromatic N) is 2. The first-order chi connectivity index (χ1) is 8.04. The molecular weight excluding hydrogens is 293 g/mol. The second-order valence-electron chi connectivity index (χ2n) is 3.27. The Morgan fingerprint density at radius 1 is 1.71 bits per heavy atom. The second-order valence-corrected chi connectivity index (χ2v) is 4.12. The number of pyridine rings is 1. The first-order valence-corrected chi connectivity index (χ1v) is 5.63. The van der Waals surface area contributed by atoms with Gasteiger partial charge in [0.25, 0.3) is 0 Å². The molecule has 90 valence electrons. The van der Waals surface area contributed by atoms with Gasteiger partial charge < -0.3 is 10.5 Å². The van der Waals surface area contributed by atoms with Crippen LogP contribution < -0.4 is 5.73 Å². The lowest BCUT2D eigenvalue weighted by Crippen LogP contribution is -2.08. The molecule has 0 amide bonds. The van der Waals surface area contributed by atoms with Gasteiger partial charge in [-0.25, -0.2) is 14.2 Å². The van der Waals surface area contributed by atoms with E-state index in [1.807, 2.05) is 0 Å². The molecule has 0 saturated carbocycles. The summed E-state index contributed by atoms with van der Waals surface area (Å²) in [6.45, 7) is 1.90. The van der Waals surface area contributed by atoms with Crippen LogP contribution in [0.3, 0.4) is 0 Å². The molecular formula is C10H9BrFN3O2. The van der Waals surface area contributed by atoms with E-state index in [2.05, 4.69) is 20.9 Å². The smallest absolute Gasteiger partial charge is 0.360 e. The fourth-order valence-corrected chi connectivity index (χ4v) is 1.94. The predicted octanol–water partition coefficient (Wildman–Crippen LogP) is 1.99. The average Bonchev–Trinajstić information content (AvgIpc) is 2.57. The molecule has 2 N–H and O–H groups in total. The SMILES string of the molecule is CCOC(=O)c1nc2c(Br)cc(F)cn2c1N. The zero-order valence-electron chi connectivity index (χ0n) is 8.91. The van der Waals surface area contributed by atoms with Crippen LogP contribution in [0, 0.1) is 5.82 Å². The Kier molecular flexibility index (Phi) is 3.01. The zero-order valence-corrected chi connectivity index (χ0v) is 10.5. The second kappa shape index (κ2) is 4.33. The van der Waals surface area contributed by atoms with Crippen molar-refractivity contribution >= 4 is 33.4 Å². The summed E-state index contributed by atoms with van der Waals surface area (Å²) >= 11 is 3.15. The van der Waals surface area contributed by atoms with E-state index in [4.69, 9.17) is 10.5 Å². The maximum absolute atomic E-state index is 13.2. The highest BCUT2D eigenvalue weighted by molar-refractivity contribution is 9.10. The molecule has 0 aliphatic rings. The van der Waals surface area contributed by atoms with Gasteiger partial charge in [0.2, 0.25) is 0 Å². The summed E-state index contributed by atoms with van der Waals surface area (Å²) in [6, 6.07) is 1.25. The van der Waals surface area contributed by atoms with Gasteiger partial charge in [-0.3, -0.25) is 4.40 Å². The van der Waals surface area contributed by atoms with Gasteiger partial charge in [0.05, 0.1) is 11.1 Å². The van der Waals surface area contributed by atoms with Crippen LogP contribution in [-0.2, 0) is 4.74 Å². The fraction of sp³-hybridized carbons (Fsp3) is 0.200. The topological polar surface area (TPSA) is 69.6 Å². The number of carbonyl (C=O) groups excluding carboxylic acids is 1. The minimum absolute atomic E-state index is 0.0156. The lowest BCUT2D eigenvalue weighted by atomic mass is 10.4. The molecule has 2 rings (SSSR count). The molecule has 0 aliphatic carbocycles. The van der Waals surface area contributed by atoms with Crippen LogP contribution in [0.5, 0.6) is 0 Å². The quantitative estimate of drug-likeness (QED) is 0.861. The molecule has 0 fully saturated rings. The van der Waals surface area contributed by atoms with Crippen molar-refractivity contribution < 1.29 is 13.9 Å². The van der Waals surface area contributed by atoms with Gasteiger partial charge in [-0.05, 0) is 28.9 Å². The minimum Gasteiger partial charge on any atom is -0.461 e. The van der Waals surface area contributed by atoms with Crippen molar-refractivity contribution in [2.45, 2.75) is 6.92 Å². The predicted molar refractivity (Wildman–Crippen MR) is 63.2 cm³/mol. The van der Waals surface area contributed by atoms with Crippen molar-refractivity contribution in [2.75, 3.05) is 12.3 Å². The van der Waals surface area contributed by atoms with Crippen molar-refractivity contribution in [3.63, 3.8) is 0 Å². The molecule has 0 atom stereocenters. The third-order valence-electron chi connectivity index (χ3n) is 2.15. The van der Waals surface area contributed by atoms with Gasteiger partial charge >= 0.3 is 5.97 Å². The largest absolute Gasteiger partial charge is 0.461 e.